The number of esters is 1. The van der Waals surface area contributed by atoms with Gasteiger partial charge in [0.25, 0.3) is 0 Å². The van der Waals surface area contributed by atoms with Gasteiger partial charge < -0.3 is 13.9 Å². The van der Waals surface area contributed by atoms with E-state index >= 15 is 0 Å². The van der Waals surface area contributed by atoms with Crippen LogP contribution < -0.4 is 10.4 Å². The van der Waals surface area contributed by atoms with Gasteiger partial charge in [-0.2, -0.15) is 0 Å². The first kappa shape index (κ1) is 20.6. The van der Waals surface area contributed by atoms with Crippen LogP contribution in [-0.4, -0.2) is 12.1 Å². The second-order valence-electron chi connectivity index (χ2n) is 7.39. The maximum Gasteiger partial charge on any atom is 0.347 e. The Kier molecular flexibility index (Phi) is 6.37. The zero-order chi connectivity index (χ0) is 21.0. The van der Waals surface area contributed by atoms with Crippen LogP contribution in [-0.2, 0) is 16.1 Å². The van der Waals surface area contributed by atoms with E-state index in [0.717, 1.165) is 16.5 Å². The fourth-order valence-corrected chi connectivity index (χ4v) is 3.34. The first-order valence-corrected chi connectivity index (χ1v) is 9.84. The molecular formula is C24H26O5. The molecule has 0 amide bonds. The Morgan fingerprint density at radius 3 is 2.48 bits per heavy atom. The summed E-state index contributed by atoms with van der Waals surface area (Å²) in [7, 11) is 0. The highest BCUT2D eigenvalue weighted by Crippen LogP contribution is 2.27. The summed E-state index contributed by atoms with van der Waals surface area (Å²) in [6.07, 6.45) is -0.237. The van der Waals surface area contributed by atoms with Crippen molar-refractivity contribution in [3.63, 3.8) is 0 Å². The fraction of sp³-hybridized carbons (Fsp3) is 0.333. The van der Waals surface area contributed by atoms with Gasteiger partial charge in [0.2, 0.25) is 0 Å². The van der Waals surface area contributed by atoms with Crippen LogP contribution in [0.1, 0.15) is 49.8 Å². The van der Waals surface area contributed by atoms with Crippen molar-refractivity contribution in [3.05, 3.63) is 75.6 Å². The lowest BCUT2D eigenvalue weighted by Crippen LogP contribution is -2.28. The average Bonchev–Trinajstić information content (AvgIpc) is 2.69. The van der Waals surface area contributed by atoms with Gasteiger partial charge in [0, 0.05) is 17.0 Å². The van der Waals surface area contributed by atoms with Crippen molar-refractivity contribution in [1.82, 2.24) is 0 Å². The Morgan fingerprint density at radius 2 is 1.83 bits per heavy atom. The minimum Gasteiger partial charge on any atom is -0.479 e. The molecule has 2 aromatic carbocycles. The molecule has 0 saturated heterocycles. The van der Waals surface area contributed by atoms with Crippen molar-refractivity contribution < 1.29 is 18.7 Å². The molecule has 29 heavy (non-hydrogen) atoms. The fourth-order valence-electron chi connectivity index (χ4n) is 3.34. The normalized spacial score (nSPS) is 12.2. The Balaban J connectivity index is 1.82. The Labute approximate surface area is 170 Å². The highest BCUT2D eigenvalue weighted by atomic mass is 16.6. The highest BCUT2D eigenvalue weighted by Gasteiger charge is 2.21. The van der Waals surface area contributed by atoms with Crippen LogP contribution in [0.15, 0.2) is 57.7 Å². The third-order valence-corrected chi connectivity index (χ3v) is 4.86. The van der Waals surface area contributed by atoms with E-state index in [-0.39, 0.29) is 6.61 Å². The average molecular weight is 394 g/mol. The van der Waals surface area contributed by atoms with Crippen LogP contribution in [0, 0.1) is 6.92 Å². The smallest absolute Gasteiger partial charge is 0.347 e. The number of fused-ring (bicyclic) bond motifs is 1. The molecule has 5 heteroatoms. The molecule has 0 aliphatic heterocycles. The number of carbonyl (C=O) groups is 1. The van der Waals surface area contributed by atoms with Gasteiger partial charge in [0.05, 0.1) is 0 Å². The molecule has 5 nitrogen and oxygen atoms in total. The molecule has 0 N–H and O–H groups in total. The van der Waals surface area contributed by atoms with Gasteiger partial charge in [-0.3, -0.25) is 0 Å². The van der Waals surface area contributed by atoms with Crippen LogP contribution >= 0.6 is 0 Å². The van der Waals surface area contributed by atoms with Crippen LogP contribution in [0.3, 0.4) is 0 Å². The monoisotopic (exact) mass is 394 g/mol. The topological polar surface area (TPSA) is 65.7 Å². The second-order valence-corrected chi connectivity index (χ2v) is 7.39. The van der Waals surface area contributed by atoms with Crippen molar-refractivity contribution >= 4 is 16.9 Å². The molecule has 0 unspecified atom stereocenters. The number of ether oxygens (including phenoxy) is 2. The van der Waals surface area contributed by atoms with E-state index in [1.54, 1.807) is 12.1 Å². The molecule has 0 fully saturated rings. The van der Waals surface area contributed by atoms with Crippen LogP contribution in [0.5, 0.6) is 5.75 Å². The summed E-state index contributed by atoms with van der Waals surface area (Å²) >= 11 is 0. The number of rotatable bonds is 7. The minimum absolute atomic E-state index is 0.0177. The van der Waals surface area contributed by atoms with Gasteiger partial charge in [-0.15, -0.1) is 0 Å². The van der Waals surface area contributed by atoms with Gasteiger partial charge in [0.1, 0.15) is 17.9 Å². The predicted molar refractivity (Wildman–Crippen MR) is 112 cm³/mol. The molecule has 1 aromatic heterocycles. The summed E-state index contributed by atoms with van der Waals surface area (Å²) in [5.74, 6) is 0.471. The van der Waals surface area contributed by atoms with E-state index in [1.165, 1.54) is 6.07 Å². The summed E-state index contributed by atoms with van der Waals surface area (Å²) in [5.41, 5.74) is 2.89. The molecule has 1 heterocycles. The second kappa shape index (κ2) is 8.95. The lowest BCUT2D eigenvalue weighted by atomic mass is 9.95. The number of carbonyl (C=O) groups excluding carboxylic acids is 1. The van der Waals surface area contributed by atoms with E-state index < -0.39 is 17.7 Å². The zero-order valence-corrected chi connectivity index (χ0v) is 17.2. The van der Waals surface area contributed by atoms with Crippen molar-refractivity contribution in [2.75, 3.05) is 0 Å². The van der Waals surface area contributed by atoms with E-state index in [1.807, 2.05) is 44.2 Å². The maximum atomic E-state index is 12.6. The molecular weight excluding hydrogens is 368 g/mol. The van der Waals surface area contributed by atoms with Crippen LogP contribution in [0.4, 0.5) is 0 Å². The standard InChI is InChI=1S/C24H26O5/c1-5-21(28-18-9-7-6-8-10-18)24(26)27-14-17-12-23(25)29-22-11-16(4)19(15(2)3)13-20(17)22/h6-13,15,21H,5,14H2,1-4H3/t21-/m0/s1. The van der Waals surface area contributed by atoms with Gasteiger partial charge >= 0.3 is 11.6 Å². The third kappa shape index (κ3) is 4.86. The molecule has 1 atom stereocenters. The summed E-state index contributed by atoms with van der Waals surface area (Å²) < 4.78 is 16.6. The SMILES string of the molecule is CC[C@H](Oc1ccccc1)C(=O)OCc1cc(=O)oc2cc(C)c(C(C)C)cc12. The maximum absolute atomic E-state index is 12.6. The molecule has 0 bridgehead atoms. The van der Waals surface area contributed by atoms with Crippen molar-refractivity contribution in [2.24, 2.45) is 0 Å². The molecule has 0 radical (unpaired) electrons. The number of hydrogen-bond acceptors (Lipinski definition) is 5. The van der Waals surface area contributed by atoms with Crippen LogP contribution in [0.25, 0.3) is 11.0 Å². The highest BCUT2D eigenvalue weighted by molar-refractivity contribution is 5.82. The molecule has 152 valence electrons. The van der Waals surface area contributed by atoms with Gasteiger partial charge in [0.15, 0.2) is 6.10 Å². The van der Waals surface area contributed by atoms with Gasteiger partial charge in [-0.25, -0.2) is 9.59 Å². The predicted octanol–water partition coefficient (Wildman–Crippen LogP) is 5.13. The molecule has 0 aliphatic rings. The summed E-state index contributed by atoms with van der Waals surface area (Å²) in [4.78, 5) is 24.5. The molecule has 0 saturated carbocycles. The Morgan fingerprint density at radius 1 is 1.10 bits per heavy atom. The van der Waals surface area contributed by atoms with Crippen molar-refractivity contribution in [1.29, 1.82) is 0 Å². The third-order valence-electron chi connectivity index (χ3n) is 4.86. The quantitative estimate of drug-likeness (QED) is 0.411. The van der Waals surface area contributed by atoms with Crippen LogP contribution in [0.2, 0.25) is 0 Å². The van der Waals surface area contributed by atoms with Crippen molar-refractivity contribution in [2.45, 2.75) is 52.7 Å². The summed E-state index contributed by atoms with van der Waals surface area (Å²) in [5, 5.41) is 0.781. The number of hydrogen-bond donors (Lipinski definition) is 0. The van der Waals surface area contributed by atoms with Crippen molar-refractivity contribution in [3.8, 4) is 5.75 Å². The first-order valence-electron chi connectivity index (χ1n) is 9.84. The largest absolute Gasteiger partial charge is 0.479 e. The van der Waals surface area contributed by atoms with E-state index in [9.17, 15) is 9.59 Å². The lowest BCUT2D eigenvalue weighted by Gasteiger charge is -2.17. The number of para-hydroxylation sites is 1. The molecule has 0 aliphatic carbocycles. The summed E-state index contributed by atoms with van der Waals surface area (Å²) in [6, 6.07) is 14.4. The number of aryl methyl sites for hydroxylation is 1. The molecule has 0 spiro atoms. The van der Waals surface area contributed by atoms with E-state index in [0.29, 0.717) is 29.2 Å². The Bertz CT molecular complexity index is 1050. The minimum atomic E-state index is -0.711. The number of benzene rings is 2. The summed E-state index contributed by atoms with van der Waals surface area (Å²) in [6.45, 7) is 8.06. The van der Waals surface area contributed by atoms with Gasteiger partial charge in [-0.1, -0.05) is 39.0 Å². The van der Waals surface area contributed by atoms with Gasteiger partial charge in [-0.05, 0) is 54.7 Å². The van der Waals surface area contributed by atoms with E-state index in [4.69, 9.17) is 13.9 Å². The Hall–Kier alpha value is -3.08. The lowest BCUT2D eigenvalue weighted by molar-refractivity contribution is -0.153. The molecule has 3 rings (SSSR count). The zero-order valence-electron chi connectivity index (χ0n) is 17.2. The molecule has 3 aromatic rings. The first-order chi connectivity index (χ1) is 13.9. The van der Waals surface area contributed by atoms with E-state index in [2.05, 4.69) is 13.8 Å².